The Balaban J connectivity index is 1.27. The molecule has 2 atom stereocenters. The number of unbranched alkanes of at least 4 members (excludes halogenated alkanes) is 1. The van der Waals surface area contributed by atoms with Crippen molar-refractivity contribution in [2.45, 2.75) is 104 Å². The van der Waals surface area contributed by atoms with Gasteiger partial charge in [-0.3, -0.25) is 0 Å². The van der Waals surface area contributed by atoms with Crippen LogP contribution in [0.1, 0.15) is 108 Å². The maximum absolute atomic E-state index is 14.9. The highest BCUT2D eigenvalue weighted by atomic mass is 19.2. The van der Waals surface area contributed by atoms with Gasteiger partial charge in [0.2, 0.25) is 0 Å². The lowest BCUT2D eigenvalue weighted by atomic mass is 9.75. The largest absolute Gasteiger partial charge is 0.212 e. The van der Waals surface area contributed by atoms with Crippen LogP contribution in [0.4, 0.5) is 13.2 Å². The predicted molar refractivity (Wildman–Crippen MR) is 141 cm³/mol. The van der Waals surface area contributed by atoms with Crippen molar-refractivity contribution in [2.75, 3.05) is 0 Å². The number of halogens is 3. The SMILES string of the molecule is CCCCC1CC=C(C2CCC(CCc3ccc(C4=CCC(CC)CC4)c(F)c3F)CC2)C=C1F. The van der Waals surface area contributed by atoms with Crippen molar-refractivity contribution in [2.24, 2.45) is 23.7 Å². The van der Waals surface area contributed by atoms with E-state index < -0.39 is 11.6 Å². The lowest BCUT2D eigenvalue weighted by Gasteiger charge is -2.31. The molecule has 0 bridgehead atoms. The Morgan fingerprint density at radius 1 is 0.829 bits per heavy atom. The zero-order chi connectivity index (χ0) is 24.8. The highest BCUT2D eigenvalue weighted by Gasteiger charge is 2.27. The van der Waals surface area contributed by atoms with Gasteiger partial charge in [-0.05, 0) is 111 Å². The Morgan fingerprint density at radius 2 is 1.63 bits per heavy atom. The molecule has 35 heavy (non-hydrogen) atoms. The van der Waals surface area contributed by atoms with E-state index in [1.165, 1.54) is 5.57 Å². The van der Waals surface area contributed by atoms with Gasteiger partial charge >= 0.3 is 0 Å². The van der Waals surface area contributed by atoms with Crippen LogP contribution in [0.15, 0.2) is 41.8 Å². The third-order valence-corrected chi connectivity index (χ3v) is 8.98. The van der Waals surface area contributed by atoms with E-state index in [9.17, 15) is 13.2 Å². The van der Waals surface area contributed by atoms with E-state index in [1.54, 1.807) is 6.07 Å². The molecule has 4 rings (SSSR count). The molecule has 0 N–H and O–H groups in total. The summed E-state index contributed by atoms with van der Waals surface area (Å²) < 4.78 is 44.4. The van der Waals surface area contributed by atoms with Crippen molar-refractivity contribution in [1.29, 1.82) is 0 Å². The Hall–Kier alpha value is -1.77. The standard InChI is InChI=1S/C32H43F3/c1-3-5-6-26-17-18-28(21-30(26)33)24-12-9-23(10-13-24)11-16-27-19-20-29(32(35)31(27)34)25-14-7-22(4-2)8-15-25/h14,18-24,26H,3-13,15-17H2,1-2H3. The minimum atomic E-state index is -0.664. The van der Waals surface area contributed by atoms with Gasteiger partial charge in [-0.2, -0.15) is 0 Å². The maximum atomic E-state index is 14.9. The molecule has 0 heterocycles. The Labute approximate surface area is 210 Å². The summed E-state index contributed by atoms with van der Waals surface area (Å²) >= 11 is 0. The first-order chi connectivity index (χ1) is 17.0. The molecule has 3 aliphatic rings. The Morgan fingerprint density at radius 3 is 2.29 bits per heavy atom. The number of allylic oxidation sites excluding steroid dienone is 6. The zero-order valence-corrected chi connectivity index (χ0v) is 21.7. The second-order valence-electron chi connectivity index (χ2n) is 11.2. The lowest BCUT2D eigenvalue weighted by Crippen LogP contribution is -2.18. The molecule has 0 aromatic heterocycles. The number of aryl methyl sites for hydroxylation is 1. The summed E-state index contributed by atoms with van der Waals surface area (Å²) in [5.74, 6) is 0.508. The fourth-order valence-corrected chi connectivity index (χ4v) is 6.40. The third kappa shape index (κ3) is 6.52. The van der Waals surface area contributed by atoms with Gasteiger partial charge < -0.3 is 0 Å². The van der Waals surface area contributed by atoms with Crippen LogP contribution in [-0.2, 0) is 6.42 Å². The first-order valence-corrected chi connectivity index (χ1v) is 14.2. The average Bonchev–Trinajstić information content (AvgIpc) is 2.89. The summed E-state index contributed by atoms with van der Waals surface area (Å²) in [7, 11) is 0. The predicted octanol–water partition coefficient (Wildman–Crippen LogP) is 10.3. The fourth-order valence-electron chi connectivity index (χ4n) is 6.40. The minimum Gasteiger partial charge on any atom is -0.212 e. The highest BCUT2D eigenvalue weighted by Crippen LogP contribution is 2.40. The first kappa shape index (κ1) is 26.3. The zero-order valence-electron chi connectivity index (χ0n) is 21.7. The first-order valence-electron chi connectivity index (χ1n) is 14.2. The summed E-state index contributed by atoms with van der Waals surface area (Å²) in [5, 5.41) is 0. The normalized spacial score (nSPS) is 27.3. The van der Waals surface area contributed by atoms with E-state index in [4.69, 9.17) is 0 Å². The van der Waals surface area contributed by atoms with Crippen LogP contribution < -0.4 is 0 Å². The van der Waals surface area contributed by atoms with Gasteiger partial charge in [0.25, 0.3) is 0 Å². The van der Waals surface area contributed by atoms with Crippen LogP contribution in [0.25, 0.3) is 5.57 Å². The molecule has 0 spiro atoms. The van der Waals surface area contributed by atoms with Crippen molar-refractivity contribution < 1.29 is 13.2 Å². The molecular formula is C32H43F3. The van der Waals surface area contributed by atoms with Gasteiger partial charge in [-0.15, -0.1) is 0 Å². The molecule has 192 valence electrons. The molecule has 3 heteroatoms. The Bertz CT molecular complexity index is 946. The summed E-state index contributed by atoms with van der Waals surface area (Å²) in [6.45, 7) is 4.35. The van der Waals surface area contributed by atoms with E-state index in [0.717, 1.165) is 89.0 Å². The van der Waals surface area contributed by atoms with Gasteiger partial charge in [0, 0.05) is 11.5 Å². The fraction of sp³-hybridized carbons (Fsp3) is 0.625. The van der Waals surface area contributed by atoms with Crippen molar-refractivity contribution in [1.82, 2.24) is 0 Å². The van der Waals surface area contributed by atoms with Crippen molar-refractivity contribution in [3.8, 4) is 0 Å². The van der Waals surface area contributed by atoms with Crippen LogP contribution >= 0.6 is 0 Å². The lowest BCUT2D eigenvalue weighted by molar-refractivity contribution is 0.287. The minimum absolute atomic E-state index is 0.0770. The smallest absolute Gasteiger partial charge is 0.166 e. The monoisotopic (exact) mass is 484 g/mol. The number of benzene rings is 1. The summed E-state index contributed by atoms with van der Waals surface area (Å²) in [4.78, 5) is 0. The third-order valence-electron chi connectivity index (χ3n) is 8.98. The molecule has 1 fully saturated rings. The van der Waals surface area contributed by atoms with Crippen molar-refractivity contribution in [3.63, 3.8) is 0 Å². The van der Waals surface area contributed by atoms with E-state index in [0.29, 0.717) is 35.3 Å². The number of rotatable bonds is 9. The highest BCUT2D eigenvalue weighted by molar-refractivity contribution is 5.67. The molecule has 2 unspecified atom stereocenters. The molecule has 3 aliphatic carbocycles. The number of hydrogen-bond donors (Lipinski definition) is 0. The molecule has 0 amide bonds. The number of hydrogen-bond acceptors (Lipinski definition) is 0. The molecule has 1 aromatic rings. The van der Waals surface area contributed by atoms with Gasteiger partial charge in [0.15, 0.2) is 11.6 Å². The van der Waals surface area contributed by atoms with Crippen LogP contribution in [0.3, 0.4) is 0 Å². The average molecular weight is 485 g/mol. The van der Waals surface area contributed by atoms with E-state index in [-0.39, 0.29) is 11.7 Å². The van der Waals surface area contributed by atoms with Gasteiger partial charge in [0.1, 0.15) is 5.83 Å². The van der Waals surface area contributed by atoms with Crippen LogP contribution in [-0.4, -0.2) is 0 Å². The van der Waals surface area contributed by atoms with Crippen LogP contribution in [0.2, 0.25) is 0 Å². The summed E-state index contributed by atoms with van der Waals surface area (Å²) in [5.41, 5.74) is 3.13. The second kappa shape index (κ2) is 12.5. The van der Waals surface area contributed by atoms with Gasteiger partial charge in [-0.1, -0.05) is 57.4 Å². The van der Waals surface area contributed by atoms with Crippen LogP contribution in [0.5, 0.6) is 0 Å². The van der Waals surface area contributed by atoms with Gasteiger partial charge in [-0.25, -0.2) is 13.2 Å². The van der Waals surface area contributed by atoms with E-state index in [1.807, 2.05) is 12.1 Å². The van der Waals surface area contributed by atoms with E-state index in [2.05, 4.69) is 26.0 Å². The molecule has 1 aromatic carbocycles. The molecular weight excluding hydrogens is 441 g/mol. The molecule has 0 aliphatic heterocycles. The van der Waals surface area contributed by atoms with Crippen molar-refractivity contribution in [3.05, 3.63) is 64.5 Å². The summed E-state index contributed by atoms with van der Waals surface area (Å²) in [6.07, 6.45) is 20.0. The molecule has 0 radical (unpaired) electrons. The molecule has 1 saturated carbocycles. The second-order valence-corrected chi connectivity index (χ2v) is 11.2. The Kier molecular flexibility index (Phi) is 9.36. The maximum Gasteiger partial charge on any atom is 0.166 e. The van der Waals surface area contributed by atoms with E-state index >= 15 is 0 Å². The van der Waals surface area contributed by atoms with Gasteiger partial charge in [0.05, 0.1) is 0 Å². The quantitative estimate of drug-likeness (QED) is 0.327. The van der Waals surface area contributed by atoms with Crippen molar-refractivity contribution >= 4 is 5.57 Å². The molecule has 0 nitrogen and oxygen atoms in total. The molecule has 0 saturated heterocycles. The summed E-state index contributed by atoms with van der Waals surface area (Å²) in [6, 6.07) is 3.61. The van der Waals surface area contributed by atoms with Crippen LogP contribution in [0, 0.1) is 35.3 Å². The topological polar surface area (TPSA) is 0 Å².